The molecule has 0 aromatic carbocycles. The minimum absolute atomic E-state index is 0.111. The summed E-state index contributed by atoms with van der Waals surface area (Å²) < 4.78 is 17.4. The number of ether oxygens (including phenoxy) is 2. The van der Waals surface area contributed by atoms with Gasteiger partial charge in [-0.15, -0.1) is 0 Å². The maximum atomic E-state index is 13.6. The zero-order chi connectivity index (χ0) is 29.6. The number of carbonyl (C=O) groups excluding carboxylic acids is 2. The second-order valence-corrected chi connectivity index (χ2v) is 12.7. The molecule has 1 aromatic heterocycles. The van der Waals surface area contributed by atoms with E-state index in [1.807, 2.05) is 34.6 Å². The molecular weight excluding hydrogens is 518 g/mol. The van der Waals surface area contributed by atoms with Crippen LogP contribution in [0.25, 0.3) is 0 Å². The molecule has 220 valence electrons. The van der Waals surface area contributed by atoms with E-state index in [0.29, 0.717) is 36.3 Å². The largest absolute Gasteiger partial charge is 0.458 e. The molecular formula is C30H41NO9. The van der Waals surface area contributed by atoms with Gasteiger partial charge in [-0.2, -0.15) is 0 Å². The number of aromatic nitrogens is 1. The lowest BCUT2D eigenvalue weighted by Crippen LogP contribution is -2.67. The lowest BCUT2D eigenvalue weighted by Gasteiger charge is -2.52. The molecule has 0 aliphatic heterocycles. The molecule has 9 atom stereocenters. The van der Waals surface area contributed by atoms with Gasteiger partial charge in [0.15, 0.2) is 11.9 Å². The maximum absolute atomic E-state index is 13.6. The van der Waals surface area contributed by atoms with E-state index in [9.17, 15) is 30.0 Å². The third-order valence-corrected chi connectivity index (χ3v) is 10.5. The van der Waals surface area contributed by atoms with Crippen LogP contribution in [0.2, 0.25) is 0 Å². The van der Waals surface area contributed by atoms with E-state index in [1.54, 1.807) is 19.1 Å². The predicted molar refractivity (Wildman–Crippen MR) is 142 cm³/mol. The molecule has 2 bridgehead atoms. The molecule has 0 amide bonds. The first-order valence-corrected chi connectivity index (χ1v) is 14.2. The number of aliphatic hydroxyl groups is 4. The van der Waals surface area contributed by atoms with Crippen LogP contribution in [0.4, 0.5) is 0 Å². The van der Waals surface area contributed by atoms with E-state index in [0.717, 1.165) is 0 Å². The predicted octanol–water partition coefficient (Wildman–Crippen LogP) is 2.27. The summed E-state index contributed by atoms with van der Waals surface area (Å²) in [6.45, 7) is 11.9. The topological polar surface area (TPSA) is 160 Å². The molecule has 2 saturated carbocycles. The highest BCUT2D eigenvalue weighted by Gasteiger charge is 2.83. The van der Waals surface area contributed by atoms with Gasteiger partial charge in [0.1, 0.15) is 22.9 Å². The number of aryl methyl sites for hydroxylation is 2. The molecule has 40 heavy (non-hydrogen) atoms. The molecule has 4 N–H and O–H groups in total. The molecule has 1 aromatic rings. The van der Waals surface area contributed by atoms with Crippen molar-refractivity contribution >= 4 is 11.9 Å². The third-order valence-electron chi connectivity index (χ3n) is 10.5. The number of hydrogen-bond acceptors (Lipinski definition) is 10. The van der Waals surface area contributed by atoms with Crippen LogP contribution in [0, 0.1) is 28.6 Å². The fraction of sp³-hybridized carbons (Fsp3) is 0.700. The first-order chi connectivity index (χ1) is 18.7. The van der Waals surface area contributed by atoms with Gasteiger partial charge in [0.05, 0.1) is 23.8 Å². The molecule has 4 aliphatic rings. The highest BCUT2D eigenvalue weighted by atomic mass is 16.6. The van der Waals surface area contributed by atoms with Crippen LogP contribution < -0.4 is 0 Å². The van der Waals surface area contributed by atoms with Crippen LogP contribution in [0.3, 0.4) is 0 Å². The second-order valence-electron chi connectivity index (χ2n) is 12.7. The molecule has 1 spiro atoms. The monoisotopic (exact) mass is 559 g/mol. The Hall–Kier alpha value is -2.53. The minimum Gasteiger partial charge on any atom is -0.458 e. The van der Waals surface area contributed by atoms with E-state index in [1.165, 1.54) is 6.92 Å². The van der Waals surface area contributed by atoms with Gasteiger partial charge in [0.25, 0.3) is 0 Å². The average molecular weight is 560 g/mol. The van der Waals surface area contributed by atoms with Gasteiger partial charge in [-0.05, 0) is 36.8 Å². The molecule has 4 aliphatic carbocycles. The number of aliphatic hydroxyl groups excluding tert-OH is 3. The minimum atomic E-state index is -2.23. The number of nitrogens with zero attached hydrogens (tertiary/aromatic N) is 1. The van der Waals surface area contributed by atoms with Gasteiger partial charge in [-0.1, -0.05) is 51.9 Å². The highest BCUT2D eigenvalue weighted by Crippen LogP contribution is 2.76. The Bertz CT molecular complexity index is 1270. The van der Waals surface area contributed by atoms with Crippen molar-refractivity contribution in [2.75, 3.05) is 6.61 Å². The van der Waals surface area contributed by atoms with Crippen LogP contribution in [-0.2, 0) is 27.1 Å². The molecule has 2 fully saturated rings. The molecule has 10 nitrogen and oxygen atoms in total. The number of rotatable bonds is 6. The fourth-order valence-electron chi connectivity index (χ4n) is 8.70. The Kier molecular flexibility index (Phi) is 6.69. The number of hydrogen-bond donors (Lipinski definition) is 4. The molecule has 1 unspecified atom stereocenters. The summed E-state index contributed by atoms with van der Waals surface area (Å²) in [7, 11) is 0. The molecule has 10 heteroatoms. The fourth-order valence-corrected chi connectivity index (χ4v) is 8.70. The van der Waals surface area contributed by atoms with Crippen molar-refractivity contribution in [3.05, 3.63) is 40.3 Å². The number of esters is 2. The smallest absolute Gasteiger partial charge is 0.344 e. The van der Waals surface area contributed by atoms with Crippen molar-refractivity contribution in [2.24, 2.45) is 28.6 Å². The van der Waals surface area contributed by atoms with Gasteiger partial charge in [-0.3, -0.25) is 4.79 Å². The van der Waals surface area contributed by atoms with E-state index in [4.69, 9.17) is 14.0 Å². The van der Waals surface area contributed by atoms with Crippen LogP contribution >= 0.6 is 0 Å². The van der Waals surface area contributed by atoms with Crippen LogP contribution in [0.1, 0.15) is 76.7 Å². The van der Waals surface area contributed by atoms with Gasteiger partial charge in [0, 0.05) is 30.6 Å². The van der Waals surface area contributed by atoms with Crippen molar-refractivity contribution in [3.8, 4) is 0 Å². The Morgan fingerprint density at radius 2 is 1.88 bits per heavy atom. The summed E-state index contributed by atoms with van der Waals surface area (Å²) in [5, 5.41) is 51.1. The van der Waals surface area contributed by atoms with E-state index < -0.39 is 70.7 Å². The van der Waals surface area contributed by atoms with Gasteiger partial charge < -0.3 is 34.4 Å². The van der Waals surface area contributed by atoms with Gasteiger partial charge in [0.2, 0.25) is 0 Å². The van der Waals surface area contributed by atoms with Crippen molar-refractivity contribution in [2.45, 2.75) is 97.2 Å². The average Bonchev–Trinajstić information content (AvgIpc) is 3.15. The molecule has 0 saturated heterocycles. The molecule has 5 rings (SSSR count). The summed E-state index contributed by atoms with van der Waals surface area (Å²) in [5.41, 5.74) is -3.97. The Morgan fingerprint density at radius 1 is 1.20 bits per heavy atom. The van der Waals surface area contributed by atoms with Crippen molar-refractivity contribution in [1.29, 1.82) is 0 Å². The van der Waals surface area contributed by atoms with Crippen LogP contribution in [0.15, 0.2) is 27.8 Å². The lowest BCUT2D eigenvalue weighted by atomic mass is 9.58. The van der Waals surface area contributed by atoms with Crippen molar-refractivity contribution < 1.29 is 44.0 Å². The zero-order valence-corrected chi connectivity index (χ0v) is 24.2. The van der Waals surface area contributed by atoms with E-state index >= 15 is 0 Å². The summed E-state index contributed by atoms with van der Waals surface area (Å²) in [6, 6.07) is 0. The van der Waals surface area contributed by atoms with Crippen LogP contribution in [0.5, 0.6) is 0 Å². The SMILES string of the molecule is CCc1noc(CC)c1C(=O)O[C@H]1C(C)=C[C@]23C(O)[C@@H](C=C(CO)[C@@H](O)[C@]12O)[C@@H]1C(C)(C)[C@]1(OC(C)=O)C[C@H]3C. The zero-order valence-electron chi connectivity index (χ0n) is 24.2. The molecule has 0 radical (unpaired) electrons. The van der Waals surface area contributed by atoms with Crippen molar-refractivity contribution in [1.82, 2.24) is 5.16 Å². The maximum Gasteiger partial charge on any atom is 0.344 e. The second kappa shape index (κ2) is 9.24. The van der Waals surface area contributed by atoms with Crippen LogP contribution in [-0.4, -0.2) is 73.6 Å². The number of fused-ring (bicyclic) bond motifs is 3. The number of carbonyl (C=O) groups is 2. The third kappa shape index (κ3) is 3.39. The summed E-state index contributed by atoms with van der Waals surface area (Å²) in [4.78, 5) is 25.9. The quantitative estimate of drug-likeness (QED) is 0.301. The van der Waals surface area contributed by atoms with Crippen molar-refractivity contribution in [3.63, 3.8) is 0 Å². The Morgan fingerprint density at radius 3 is 2.45 bits per heavy atom. The summed E-state index contributed by atoms with van der Waals surface area (Å²) in [5.74, 6) is -2.37. The first-order valence-electron chi connectivity index (χ1n) is 14.2. The first kappa shape index (κ1) is 29.0. The standard InChI is InChI=1S/C30H41NO9/c1-8-19-21(20(9-2)40-31-19)26(36)38-25-14(3)11-28-15(4)12-29(39-16(5)33)22(27(29,6)7)18(24(28)35)10-17(13-32)23(34)30(25,28)37/h10-11,15,18,22-25,32,34-35,37H,8-9,12-13H2,1-7H3/t15-,18+,22-,23-,24?,25+,28+,29+,30+/m1/s1. The molecule has 1 heterocycles. The lowest BCUT2D eigenvalue weighted by molar-refractivity contribution is -0.217. The van der Waals surface area contributed by atoms with Gasteiger partial charge >= 0.3 is 11.9 Å². The Labute approximate surface area is 234 Å². The van der Waals surface area contributed by atoms with E-state index in [-0.39, 0.29) is 17.1 Å². The summed E-state index contributed by atoms with van der Waals surface area (Å²) in [6.07, 6.45) is 0.221. The Balaban J connectivity index is 1.66. The normalized spacial score (nSPS) is 41.1. The highest BCUT2D eigenvalue weighted by molar-refractivity contribution is 5.92. The van der Waals surface area contributed by atoms with Gasteiger partial charge in [-0.25, -0.2) is 4.79 Å². The van der Waals surface area contributed by atoms with E-state index in [2.05, 4.69) is 5.16 Å². The summed E-state index contributed by atoms with van der Waals surface area (Å²) >= 11 is 0.